The van der Waals surface area contributed by atoms with E-state index in [2.05, 4.69) is 29.5 Å². The van der Waals surface area contributed by atoms with Gasteiger partial charge in [-0.25, -0.2) is 0 Å². The lowest BCUT2D eigenvalue weighted by Crippen LogP contribution is -2.13. The summed E-state index contributed by atoms with van der Waals surface area (Å²) in [6.07, 6.45) is 14.8. The van der Waals surface area contributed by atoms with Gasteiger partial charge < -0.3 is 0 Å². The maximum absolute atomic E-state index is 2.62. The fourth-order valence-corrected chi connectivity index (χ4v) is 3.17. The van der Waals surface area contributed by atoms with Crippen molar-refractivity contribution in [2.75, 3.05) is 0 Å². The molecule has 0 aromatic rings. The largest absolute Gasteiger partial charge is 0.0826 e. The Hall–Kier alpha value is 0.730. The van der Waals surface area contributed by atoms with Crippen molar-refractivity contribution in [3.63, 3.8) is 0 Å². The van der Waals surface area contributed by atoms with Gasteiger partial charge in [-0.3, -0.25) is 0 Å². The summed E-state index contributed by atoms with van der Waals surface area (Å²) in [5, 5.41) is 0. The molecule has 14 heavy (non-hydrogen) atoms. The third-order valence-electron chi connectivity index (χ3n) is 3.49. The number of alkyl halides is 1. The van der Waals surface area contributed by atoms with E-state index in [1.165, 1.54) is 64.2 Å². The highest BCUT2D eigenvalue weighted by atomic mass is 127. The molecule has 1 heteroatoms. The van der Waals surface area contributed by atoms with Crippen molar-refractivity contribution in [3.8, 4) is 0 Å². The summed E-state index contributed by atoms with van der Waals surface area (Å²) in [6, 6.07) is 0. The first kappa shape index (κ1) is 12.8. The summed E-state index contributed by atoms with van der Waals surface area (Å²) < 4.78 is 0.990. The first-order valence-electron chi connectivity index (χ1n) is 6.47. The van der Waals surface area contributed by atoms with Gasteiger partial charge in [0.2, 0.25) is 0 Å². The summed E-state index contributed by atoms with van der Waals surface area (Å²) in [4.78, 5) is 0. The predicted octanol–water partition coefficient (Wildman–Crippen LogP) is 5.34. The van der Waals surface area contributed by atoms with Gasteiger partial charge in [0.05, 0.1) is 0 Å². The molecular weight excluding hydrogens is 283 g/mol. The van der Waals surface area contributed by atoms with Gasteiger partial charge in [-0.15, -0.1) is 0 Å². The van der Waals surface area contributed by atoms with E-state index in [4.69, 9.17) is 0 Å². The molecule has 0 bridgehead atoms. The van der Waals surface area contributed by atoms with Crippen LogP contribution in [0, 0.1) is 5.92 Å². The van der Waals surface area contributed by atoms with Crippen molar-refractivity contribution in [2.24, 2.45) is 5.92 Å². The molecule has 0 aromatic carbocycles. The Kier molecular flexibility index (Phi) is 7.27. The molecule has 1 rings (SSSR count). The quantitative estimate of drug-likeness (QED) is 0.353. The second-order valence-corrected chi connectivity index (χ2v) is 6.58. The van der Waals surface area contributed by atoms with Crippen LogP contribution in [0.4, 0.5) is 0 Å². The van der Waals surface area contributed by atoms with Crippen LogP contribution in [0.5, 0.6) is 0 Å². The molecule has 0 nitrogen and oxygen atoms in total. The summed E-state index contributed by atoms with van der Waals surface area (Å²) in [5.41, 5.74) is 0. The number of hydrogen-bond donors (Lipinski definition) is 0. The molecule has 1 fully saturated rings. The molecule has 0 heterocycles. The molecular formula is C13H25I. The highest BCUT2D eigenvalue weighted by molar-refractivity contribution is 14.1. The minimum Gasteiger partial charge on any atom is -0.0826 e. The maximum atomic E-state index is 2.62. The second kappa shape index (κ2) is 7.95. The van der Waals surface area contributed by atoms with Crippen LogP contribution in [-0.2, 0) is 0 Å². The van der Waals surface area contributed by atoms with Crippen molar-refractivity contribution in [2.45, 2.75) is 75.1 Å². The molecule has 0 aromatic heterocycles. The minimum atomic E-state index is 0.990. The molecule has 1 aliphatic rings. The monoisotopic (exact) mass is 308 g/mol. The van der Waals surface area contributed by atoms with E-state index in [0.717, 1.165) is 9.84 Å². The molecule has 0 spiro atoms. The summed E-state index contributed by atoms with van der Waals surface area (Å²) in [6.45, 7) is 2.29. The Morgan fingerprint density at radius 1 is 0.929 bits per heavy atom. The third kappa shape index (κ3) is 5.57. The number of halogens is 1. The van der Waals surface area contributed by atoms with Crippen molar-refractivity contribution in [3.05, 3.63) is 0 Å². The zero-order valence-corrected chi connectivity index (χ0v) is 11.8. The summed E-state index contributed by atoms with van der Waals surface area (Å²) in [5.74, 6) is 1.09. The number of unbranched alkanes of at least 4 members (excludes halogenated alkanes) is 4. The van der Waals surface area contributed by atoms with Crippen LogP contribution in [0.25, 0.3) is 0 Å². The van der Waals surface area contributed by atoms with E-state index in [1.54, 1.807) is 0 Å². The topological polar surface area (TPSA) is 0 Å². The Bertz CT molecular complexity index is 125. The van der Waals surface area contributed by atoms with E-state index < -0.39 is 0 Å². The molecule has 84 valence electrons. The van der Waals surface area contributed by atoms with E-state index >= 15 is 0 Å². The molecule has 0 saturated heterocycles. The van der Waals surface area contributed by atoms with Crippen LogP contribution in [0.3, 0.4) is 0 Å². The molecule has 0 unspecified atom stereocenters. The van der Waals surface area contributed by atoms with Gasteiger partial charge >= 0.3 is 0 Å². The zero-order chi connectivity index (χ0) is 10.2. The first-order valence-corrected chi connectivity index (χ1v) is 7.71. The standard InChI is InChI=1S/C13H25I/c1-2-3-4-5-6-7-12-8-10-13(14)11-9-12/h12-13H,2-11H2,1H3. The molecule has 0 atom stereocenters. The van der Waals surface area contributed by atoms with Crippen LogP contribution < -0.4 is 0 Å². The van der Waals surface area contributed by atoms with E-state index in [1.807, 2.05) is 0 Å². The normalized spacial score (nSPS) is 27.9. The summed E-state index contributed by atoms with van der Waals surface area (Å²) in [7, 11) is 0. The van der Waals surface area contributed by atoms with Crippen molar-refractivity contribution in [1.29, 1.82) is 0 Å². The van der Waals surface area contributed by atoms with Crippen LogP contribution in [-0.4, -0.2) is 3.92 Å². The fraction of sp³-hybridized carbons (Fsp3) is 1.00. The molecule has 0 N–H and O–H groups in total. The summed E-state index contributed by atoms with van der Waals surface area (Å²) >= 11 is 2.62. The zero-order valence-electron chi connectivity index (χ0n) is 9.60. The molecule has 1 aliphatic carbocycles. The molecule has 0 aliphatic heterocycles. The highest BCUT2D eigenvalue weighted by Gasteiger charge is 2.18. The average molecular weight is 308 g/mol. The lowest BCUT2D eigenvalue weighted by molar-refractivity contribution is 0.338. The van der Waals surface area contributed by atoms with Crippen LogP contribution >= 0.6 is 22.6 Å². The van der Waals surface area contributed by atoms with Gasteiger partial charge in [0.15, 0.2) is 0 Å². The smallest absolute Gasteiger partial charge is 0.0110 e. The lowest BCUT2D eigenvalue weighted by atomic mass is 9.85. The van der Waals surface area contributed by atoms with Crippen LogP contribution in [0.15, 0.2) is 0 Å². The average Bonchev–Trinajstić information content (AvgIpc) is 2.21. The van der Waals surface area contributed by atoms with Crippen molar-refractivity contribution < 1.29 is 0 Å². The fourth-order valence-electron chi connectivity index (χ4n) is 2.45. The number of rotatable bonds is 6. The Balaban J connectivity index is 1.91. The lowest BCUT2D eigenvalue weighted by Gasteiger charge is -2.25. The van der Waals surface area contributed by atoms with Gasteiger partial charge in [-0.05, 0) is 31.6 Å². The van der Waals surface area contributed by atoms with Gasteiger partial charge in [-0.2, -0.15) is 0 Å². The van der Waals surface area contributed by atoms with Crippen molar-refractivity contribution >= 4 is 22.6 Å². The van der Waals surface area contributed by atoms with E-state index in [9.17, 15) is 0 Å². The predicted molar refractivity (Wildman–Crippen MR) is 73.1 cm³/mol. The SMILES string of the molecule is CCCCCCCC1CCC(I)CC1. The van der Waals surface area contributed by atoms with Crippen LogP contribution in [0.1, 0.15) is 71.1 Å². The Labute approximate surface area is 103 Å². The molecule has 1 saturated carbocycles. The van der Waals surface area contributed by atoms with Gasteiger partial charge in [0.25, 0.3) is 0 Å². The van der Waals surface area contributed by atoms with Gasteiger partial charge in [0.1, 0.15) is 0 Å². The third-order valence-corrected chi connectivity index (χ3v) is 4.74. The molecule has 0 radical (unpaired) electrons. The van der Waals surface area contributed by atoms with Crippen molar-refractivity contribution in [1.82, 2.24) is 0 Å². The second-order valence-electron chi connectivity index (χ2n) is 4.82. The van der Waals surface area contributed by atoms with Gasteiger partial charge in [0, 0.05) is 3.92 Å². The van der Waals surface area contributed by atoms with E-state index in [0.29, 0.717) is 0 Å². The van der Waals surface area contributed by atoms with Crippen LogP contribution in [0.2, 0.25) is 0 Å². The maximum Gasteiger partial charge on any atom is 0.0110 e. The Morgan fingerprint density at radius 3 is 2.21 bits per heavy atom. The highest BCUT2D eigenvalue weighted by Crippen LogP contribution is 2.32. The van der Waals surface area contributed by atoms with E-state index in [-0.39, 0.29) is 0 Å². The van der Waals surface area contributed by atoms with Gasteiger partial charge in [-0.1, -0.05) is 68.0 Å². The minimum absolute atomic E-state index is 0.990. The molecule has 0 amide bonds. The Morgan fingerprint density at radius 2 is 1.57 bits per heavy atom. The number of hydrogen-bond acceptors (Lipinski definition) is 0. The first-order chi connectivity index (χ1) is 6.83.